The predicted octanol–water partition coefficient (Wildman–Crippen LogP) is 3.54. The van der Waals surface area contributed by atoms with Gasteiger partial charge >= 0.3 is 0 Å². The molecular weight excluding hydrogens is 220 g/mol. The van der Waals surface area contributed by atoms with Crippen molar-refractivity contribution in [3.8, 4) is 0 Å². The van der Waals surface area contributed by atoms with Crippen LogP contribution in [0.25, 0.3) is 0 Å². The molecule has 2 aliphatic rings. The van der Waals surface area contributed by atoms with Gasteiger partial charge in [0.2, 0.25) is 0 Å². The Bertz CT molecular complexity index is 279. The van der Waals surface area contributed by atoms with Gasteiger partial charge < -0.3 is 10.2 Å². The number of allylic oxidation sites excluding steroid dienone is 2. The summed E-state index contributed by atoms with van der Waals surface area (Å²) in [5.74, 6) is 0.937. The Morgan fingerprint density at radius 3 is 2.56 bits per heavy atom. The highest BCUT2D eigenvalue weighted by Crippen LogP contribution is 2.29. The molecule has 0 spiro atoms. The van der Waals surface area contributed by atoms with Gasteiger partial charge in [-0.05, 0) is 46.0 Å². The molecule has 104 valence electrons. The largest absolute Gasteiger partial charge is 0.374 e. The summed E-state index contributed by atoms with van der Waals surface area (Å²) in [5, 5.41) is 3.89. The SMILES string of the molecule is C/C=C(\C)N1CCC(C2CCCCC2)NC(C)C1. The first-order chi connectivity index (χ1) is 8.70. The molecule has 1 saturated carbocycles. The number of nitrogens with zero attached hydrogens (tertiary/aromatic N) is 1. The van der Waals surface area contributed by atoms with Crippen LogP contribution >= 0.6 is 0 Å². The molecule has 1 aliphatic heterocycles. The van der Waals surface area contributed by atoms with E-state index < -0.39 is 0 Å². The van der Waals surface area contributed by atoms with Crippen molar-refractivity contribution < 1.29 is 0 Å². The maximum Gasteiger partial charge on any atom is 0.0326 e. The van der Waals surface area contributed by atoms with E-state index >= 15 is 0 Å². The molecule has 2 heteroatoms. The highest BCUT2D eigenvalue weighted by molar-refractivity contribution is 4.99. The summed E-state index contributed by atoms with van der Waals surface area (Å²) in [7, 11) is 0. The first kappa shape index (κ1) is 13.9. The summed E-state index contributed by atoms with van der Waals surface area (Å²) >= 11 is 0. The molecule has 0 aromatic rings. The average molecular weight is 250 g/mol. The minimum Gasteiger partial charge on any atom is -0.374 e. The van der Waals surface area contributed by atoms with Crippen molar-refractivity contribution in [2.45, 2.75) is 71.4 Å². The van der Waals surface area contributed by atoms with Crippen LogP contribution in [-0.2, 0) is 0 Å². The van der Waals surface area contributed by atoms with E-state index in [1.54, 1.807) is 0 Å². The molecule has 2 nitrogen and oxygen atoms in total. The van der Waals surface area contributed by atoms with E-state index in [0.717, 1.165) is 12.0 Å². The molecule has 2 fully saturated rings. The van der Waals surface area contributed by atoms with Gasteiger partial charge in [-0.3, -0.25) is 0 Å². The van der Waals surface area contributed by atoms with Crippen molar-refractivity contribution in [1.82, 2.24) is 10.2 Å². The number of rotatable bonds is 2. The van der Waals surface area contributed by atoms with Crippen molar-refractivity contribution in [3.05, 3.63) is 11.8 Å². The Morgan fingerprint density at radius 1 is 1.17 bits per heavy atom. The zero-order valence-electron chi connectivity index (χ0n) is 12.4. The second-order valence-electron chi connectivity index (χ2n) is 6.24. The average Bonchev–Trinajstić information content (AvgIpc) is 2.61. The lowest BCUT2D eigenvalue weighted by molar-refractivity contribution is 0.255. The van der Waals surface area contributed by atoms with Crippen molar-refractivity contribution in [3.63, 3.8) is 0 Å². The van der Waals surface area contributed by atoms with E-state index in [-0.39, 0.29) is 0 Å². The van der Waals surface area contributed by atoms with E-state index in [4.69, 9.17) is 0 Å². The fourth-order valence-corrected chi connectivity index (χ4v) is 3.63. The molecule has 0 amide bonds. The lowest BCUT2D eigenvalue weighted by Gasteiger charge is -2.31. The molecule has 0 aromatic carbocycles. The quantitative estimate of drug-likeness (QED) is 0.806. The number of hydrogen-bond donors (Lipinski definition) is 1. The van der Waals surface area contributed by atoms with Crippen molar-refractivity contribution >= 4 is 0 Å². The monoisotopic (exact) mass is 250 g/mol. The van der Waals surface area contributed by atoms with E-state index in [9.17, 15) is 0 Å². The van der Waals surface area contributed by atoms with E-state index in [2.05, 4.69) is 37.1 Å². The van der Waals surface area contributed by atoms with Crippen LogP contribution in [0.4, 0.5) is 0 Å². The normalized spacial score (nSPS) is 32.4. The molecule has 0 bridgehead atoms. The van der Waals surface area contributed by atoms with E-state index in [0.29, 0.717) is 6.04 Å². The van der Waals surface area contributed by atoms with Crippen molar-refractivity contribution in [2.75, 3.05) is 13.1 Å². The van der Waals surface area contributed by atoms with Crippen molar-refractivity contribution in [1.29, 1.82) is 0 Å². The third kappa shape index (κ3) is 3.50. The van der Waals surface area contributed by atoms with Crippen LogP contribution in [0.3, 0.4) is 0 Å². The van der Waals surface area contributed by atoms with Crippen LogP contribution in [0.2, 0.25) is 0 Å². The maximum atomic E-state index is 3.89. The zero-order valence-corrected chi connectivity index (χ0v) is 12.4. The molecular formula is C16H30N2. The van der Waals surface area contributed by atoms with Gasteiger partial charge in [0, 0.05) is 30.9 Å². The summed E-state index contributed by atoms with van der Waals surface area (Å²) < 4.78 is 0. The first-order valence-electron chi connectivity index (χ1n) is 7.84. The van der Waals surface area contributed by atoms with Crippen LogP contribution < -0.4 is 5.32 Å². The van der Waals surface area contributed by atoms with Gasteiger partial charge in [0.05, 0.1) is 0 Å². The molecule has 0 aromatic heterocycles. The van der Waals surface area contributed by atoms with Gasteiger partial charge in [-0.15, -0.1) is 0 Å². The molecule has 1 saturated heterocycles. The van der Waals surface area contributed by atoms with Crippen molar-refractivity contribution in [2.24, 2.45) is 5.92 Å². The number of nitrogens with one attached hydrogen (secondary N) is 1. The Balaban J connectivity index is 1.95. The molecule has 0 radical (unpaired) electrons. The van der Waals surface area contributed by atoms with Crippen LogP contribution in [0.1, 0.15) is 59.3 Å². The number of hydrogen-bond acceptors (Lipinski definition) is 2. The molecule has 1 N–H and O–H groups in total. The molecule has 1 heterocycles. The molecule has 2 unspecified atom stereocenters. The predicted molar refractivity (Wildman–Crippen MR) is 78.6 cm³/mol. The highest BCUT2D eigenvalue weighted by Gasteiger charge is 2.28. The van der Waals surface area contributed by atoms with Gasteiger partial charge in [0.15, 0.2) is 0 Å². The molecule has 1 aliphatic carbocycles. The summed E-state index contributed by atoms with van der Waals surface area (Å²) in [6.07, 6.45) is 10.8. The topological polar surface area (TPSA) is 15.3 Å². The van der Waals surface area contributed by atoms with Crippen LogP contribution in [0.15, 0.2) is 11.8 Å². The van der Waals surface area contributed by atoms with E-state index in [1.165, 1.54) is 57.3 Å². The zero-order chi connectivity index (χ0) is 13.0. The third-order valence-corrected chi connectivity index (χ3v) is 4.84. The molecule has 18 heavy (non-hydrogen) atoms. The van der Waals surface area contributed by atoms with E-state index in [1.807, 2.05) is 0 Å². The first-order valence-corrected chi connectivity index (χ1v) is 7.84. The third-order valence-electron chi connectivity index (χ3n) is 4.84. The maximum absolute atomic E-state index is 3.89. The van der Waals surface area contributed by atoms with Gasteiger partial charge in [-0.25, -0.2) is 0 Å². The second-order valence-corrected chi connectivity index (χ2v) is 6.24. The second kappa shape index (κ2) is 6.60. The minimum absolute atomic E-state index is 0.620. The van der Waals surface area contributed by atoms with Crippen LogP contribution in [-0.4, -0.2) is 30.1 Å². The Hall–Kier alpha value is -0.500. The molecule has 2 rings (SSSR count). The fraction of sp³-hybridized carbons (Fsp3) is 0.875. The highest BCUT2D eigenvalue weighted by atomic mass is 15.2. The van der Waals surface area contributed by atoms with Gasteiger partial charge in [0.25, 0.3) is 0 Å². The Labute approximate surface area is 113 Å². The smallest absolute Gasteiger partial charge is 0.0326 e. The molecule has 2 atom stereocenters. The Morgan fingerprint density at radius 2 is 1.89 bits per heavy atom. The van der Waals surface area contributed by atoms with Crippen LogP contribution in [0, 0.1) is 5.92 Å². The fourth-order valence-electron chi connectivity index (χ4n) is 3.63. The summed E-state index contributed by atoms with van der Waals surface area (Å²) in [5.41, 5.74) is 1.44. The lowest BCUT2D eigenvalue weighted by Crippen LogP contribution is -2.42. The minimum atomic E-state index is 0.620. The summed E-state index contributed by atoms with van der Waals surface area (Å²) in [6, 6.07) is 1.38. The van der Waals surface area contributed by atoms with Gasteiger partial charge in [-0.1, -0.05) is 25.3 Å². The summed E-state index contributed by atoms with van der Waals surface area (Å²) in [6.45, 7) is 9.13. The lowest BCUT2D eigenvalue weighted by atomic mass is 9.82. The van der Waals surface area contributed by atoms with Gasteiger partial charge in [0.1, 0.15) is 0 Å². The van der Waals surface area contributed by atoms with Gasteiger partial charge in [-0.2, -0.15) is 0 Å². The van der Waals surface area contributed by atoms with Crippen LogP contribution in [0.5, 0.6) is 0 Å². The Kier molecular flexibility index (Phi) is 5.11. The summed E-state index contributed by atoms with van der Waals surface area (Å²) in [4.78, 5) is 2.56. The standard InChI is InChI=1S/C16H30N2/c1-4-14(3)18-11-10-16(17-13(2)12-18)15-8-6-5-7-9-15/h4,13,15-17H,5-12H2,1-3H3/b14-4+.